The van der Waals surface area contributed by atoms with Gasteiger partial charge in [0.1, 0.15) is 5.69 Å². The third-order valence-electron chi connectivity index (χ3n) is 5.22. The molecule has 0 aliphatic carbocycles. The van der Waals surface area contributed by atoms with E-state index >= 15 is 0 Å². The van der Waals surface area contributed by atoms with E-state index in [4.69, 9.17) is 10.5 Å². The summed E-state index contributed by atoms with van der Waals surface area (Å²) in [5.74, 6) is -1.42. The molecule has 2 N–H and O–H groups in total. The number of ether oxygens (including phenoxy) is 1. The van der Waals surface area contributed by atoms with Gasteiger partial charge in [-0.25, -0.2) is 0 Å². The van der Waals surface area contributed by atoms with Gasteiger partial charge in [-0.2, -0.15) is 31.4 Å². The van der Waals surface area contributed by atoms with Gasteiger partial charge in [0, 0.05) is 26.2 Å². The average molecular weight is 505 g/mol. The quantitative estimate of drug-likeness (QED) is 0.581. The van der Waals surface area contributed by atoms with Gasteiger partial charge in [0.15, 0.2) is 11.9 Å². The van der Waals surface area contributed by atoms with Crippen LogP contribution in [-0.4, -0.2) is 65.9 Å². The Hall–Kier alpha value is -3.42. The second-order valence-electron chi connectivity index (χ2n) is 7.66. The van der Waals surface area contributed by atoms with Crippen molar-refractivity contribution in [2.24, 2.45) is 5.73 Å². The Morgan fingerprint density at radius 2 is 1.63 bits per heavy atom. The summed E-state index contributed by atoms with van der Waals surface area (Å²) in [5, 5.41) is 7.78. The third kappa shape index (κ3) is 6.81. The number of halogens is 6. The molecule has 1 aliphatic heterocycles. The van der Waals surface area contributed by atoms with Crippen LogP contribution in [0, 0.1) is 0 Å². The molecule has 0 bridgehead atoms. The van der Waals surface area contributed by atoms with Crippen molar-refractivity contribution in [3.63, 3.8) is 0 Å². The summed E-state index contributed by atoms with van der Waals surface area (Å²) >= 11 is 0. The second-order valence-corrected chi connectivity index (χ2v) is 7.66. The summed E-state index contributed by atoms with van der Waals surface area (Å²) in [6.07, 6.45) is -11.9. The number of aromatic nitrogens is 2. The van der Waals surface area contributed by atoms with Crippen molar-refractivity contribution >= 4 is 17.6 Å². The lowest BCUT2D eigenvalue weighted by Crippen LogP contribution is -2.49. The molecule has 1 aromatic heterocycles. The fourth-order valence-electron chi connectivity index (χ4n) is 3.48. The Morgan fingerprint density at radius 1 is 0.971 bits per heavy atom. The minimum atomic E-state index is -4.66. The van der Waals surface area contributed by atoms with Gasteiger partial charge in [0.25, 0.3) is 11.8 Å². The molecule has 0 spiro atoms. The molecule has 0 saturated carbocycles. The third-order valence-corrected chi connectivity index (χ3v) is 5.22. The molecule has 190 valence electrons. The first kappa shape index (κ1) is 26.2. The summed E-state index contributed by atoms with van der Waals surface area (Å²) in [6.45, 7) is -0.0452. The van der Waals surface area contributed by atoms with Gasteiger partial charge in [-0.15, -0.1) is 5.10 Å². The van der Waals surface area contributed by atoms with Crippen LogP contribution in [0.1, 0.15) is 34.1 Å². The van der Waals surface area contributed by atoms with Crippen LogP contribution in [0.5, 0.6) is 0 Å². The molecular formula is C21H21F6N5O3. The van der Waals surface area contributed by atoms with Gasteiger partial charge in [-0.1, -0.05) is 12.1 Å². The first-order valence-corrected chi connectivity index (χ1v) is 10.4. The van der Waals surface area contributed by atoms with E-state index in [1.54, 1.807) is 4.90 Å². The molecule has 14 heteroatoms. The minimum Gasteiger partial charge on any atom is -0.367 e. The number of benzene rings is 1. The summed E-state index contributed by atoms with van der Waals surface area (Å²) in [6, 6.07) is 7.36. The number of carbonyl (C=O) groups excluding carboxylic acids is 2. The van der Waals surface area contributed by atoms with Gasteiger partial charge in [-0.3, -0.25) is 9.59 Å². The van der Waals surface area contributed by atoms with E-state index in [2.05, 4.69) is 10.2 Å². The number of anilines is 1. The molecule has 1 fully saturated rings. The number of nitrogens with zero attached hydrogens (tertiary/aromatic N) is 4. The van der Waals surface area contributed by atoms with Crippen molar-refractivity contribution in [2.75, 3.05) is 37.7 Å². The highest BCUT2D eigenvalue weighted by atomic mass is 19.4. The molecule has 1 unspecified atom stereocenters. The van der Waals surface area contributed by atoms with E-state index in [-0.39, 0.29) is 31.9 Å². The highest BCUT2D eigenvalue weighted by molar-refractivity contribution is 5.96. The number of alkyl halides is 6. The lowest BCUT2D eigenvalue weighted by molar-refractivity contribution is -0.154. The van der Waals surface area contributed by atoms with Crippen LogP contribution >= 0.6 is 0 Å². The first-order chi connectivity index (χ1) is 16.4. The summed E-state index contributed by atoms with van der Waals surface area (Å²) < 4.78 is 81.6. The standard InChI is InChI=1S/C21H21F6N5O3/c22-20(23,24)7-12-35-17(18(28)33)15-5-6-16(30-29-15)31-8-10-32(11-9-31)19(34)13-3-1-2-4-14(13)21(25,26)27/h1-6,17H,7-12H2,(H2,28,33). The lowest BCUT2D eigenvalue weighted by atomic mass is 10.1. The van der Waals surface area contributed by atoms with Crippen molar-refractivity contribution in [2.45, 2.75) is 24.9 Å². The smallest absolute Gasteiger partial charge is 0.367 e. The number of hydrogen-bond acceptors (Lipinski definition) is 6. The van der Waals surface area contributed by atoms with Gasteiger partial charge in [-0.05, 0) is 24.3 Å². The Bertz CT molecular complexity index is 1040. The van der Waals surface area contributed by atoms with Crippen molar-refractivity contribution in [3.05, 3.63) is 53.2 Å². The minimum absolute atomic E-state index is 0.0685. The fraction of sp³-hybridized carbons (Fsp3) is 0.429. The van der Waals surface area contributed by atoms with E-state index in [1.165, 1.54) is 29.2 Å². The number of piperazine rings is 1. The van der Waals surface area contributed by atoms with Gasteiger partial charge in [0.2, 0.25) is 0 Å². The van der Waals surface area contributed by atoms with Gasteiger partial charge in [0.05, 0.1) is 24.2 Å². The Morgan fingerprint density at radius 3 is 2.17 bits per heavy atom. The van der Waals surface area contributed by atoms with E-state index in [9.17, 15) is 35.9 Å². The van der Waals surface area contributed by atoms with Gasteiger partial charge < -0.3 is 20.3 Å². The molecule has 1 aromatic carbocycles. The molecular weight excluding hydrogens is 484 g/mol. The normalized spacial score (nSPS) is 15.7. The average Bonchev–Trinajstić information content (AvgIpc) is 2.80. The van der Waals surface area contributed by atoms with Crippen LogP contribution in [0.25, 0.3) is 0 Å². The Labute approximate surface area is 195 Å². The zero-order chi connectivity index (χ0) is 25.8. The van der Waals surface area contributed by atoms with Crippen molar-refractivity contribution in [1.29, 1.82) is 0 Å². The van der Waals surface area contributed by atoms with Crippen LogP contribution < -0.4 is 10.6 Å². The molecule has 2 aromatic rings. The largest absolute Gasteiger partial charge is 0.417 e. The molecule has 35 heavy (non-hydrogen) atoms. The molecule has 1 atom stereocenters. The van der Waals surface area contributed by atoms with Crippen LogP contribution in [-0.2, 0) is 15.7 Å². The lowest BCUT2D eigenvalue weighted by Gasteiger charge is -2.35. The predicted octanol–water partition coefficient (Wildman–Crippen LogP) is 2.95. The maximum Gasteiger partial charge on any atom is 0.417 e. The molecule has 2 heterocycles. The highest BCUT2D eigenvalue weighted by Gasteiger charge is 2.36. The fourth-order valence-corrected chi connectivity index (χ4v) is 3.48. The van der Waals surface area contributed by atoms with Crippen LogP contribution in [0.15, 0.2) is 36.4 Å². The maximum absolute atomic E-state index is 13.2. The van der Waals surface area contributed by atoms with Crippen molar-refractivity contribution < 1.29 is 40.7 Å². The predicted molar refractivity (Wildman–Crippen MR) is 110 cm³/mol. The van der Waals surface area contributed by atoms with E-state index in [1.807, 2.05) is 0 Å². The number of hydrogen-bond donors (Lipinski definition) is 1. The zero-order valence-corrected chi connectivity index (χ0v) is 18.1. The van der Waals surface area contributed by atoms with Crippen molar-refractivity contribution in [3.8, 4) is 0 Å². The SMILES string of the molecule is NC(=O)C(OCCC(F)(F)F)c1ccc(N2CCN(C(=O)c3ccccc3C(F)(F)F)CC2)nn1. The van der Waals surface area contributed by atoms with Gasteiger partial charge >= 0.3 is 12.4 Å². The van der Waals surface area contributed by atoms with E-state index in [0.29, 0.717) is 5.82 Å². The van der Waals surface area contributed by atoms with E-state index in [0.717, 1.165) is 12.1 Å². The summed E-state index contributed by atoms with van der Waals surface area (Å²) in [5.41, 5.74) is 3.69. The Kier molecular flexibility index (Phi) is 7.83. The summed E-state index contributed by atoms with van der Waals surface area (Å²) in [7, 11) is 0. The molecule has 3 rings (SSSR count). The highest BCUT2D eigenvalue weighted by Crippen LogP contribution is 2.32. The van der Waals surface area contributed by atoms with Crippen molar-refractivity contribution in [1.82, 2.24) is 15.1 Å². The molecule has 1 saturated heterocycles. The molecule has 1 aliphatic rings. The first-order valence-electron chi connectivity index (χ1n) is 10.4. The number of amides is 2. The summed E-state index contributed by atoms with van der Waals surface area (Å²) in [4.78, 5) is 27.3. The second kappa shape index (κ2) is 10.5. The molecule has 0 radical (unpaired) electrons. The Balaban J connectivity index is 1.62. The van der Waals surface area contributed by atoms with Crippen LogP contribution in [0.4, 0.5) is 32.2 Å². The monoisotopic (exact) mass is 505 g/mol. The topological polar surface area (TPSA) is 102 Å². The number of rotatable bonds is 7. The zero-order valence-electron chi connectivity index (χ0n) is 18.1. The molecule has 2 amide bonds. The number of carbonyl (C=O) groups is 2. The van der Waals surface area contributed by atoms with E-state index < -0.39 is 54.4 Å². The number of nitrogens with two attached hydrogens (primary N) is 1. The van der Waals surface area contributed by atoms with Crippen LogP contribution in [0.2, 0.25) is 0 Å². The maximum atomic E-state index is 13.2. The molecule has 8 nitrogen and oxygen atoms in total. The number of primary amides is 1. The van der Waals surface area contributed by atoms with Crippen LogP contribution in [0.3, 0.4) is 0 Å².